The van der Waals surface area contributed by atoms with Gasteiger partial charge in [0.15, 0.2) is 14.3 Å². The van der Waals surface area contributed by atoms with Gasteiger partial charge in [-0.15, -0.1) is 0 Å². The van der Waals surface area contributed by atoms with Crippen LogP contribution in [0.2, 0.25) is 0 Å². The van der Waals surface area contributed by atoms with Crippen molar-refractivity contribution in [1.29, 1.82) is 0 Å². The highest BCUT2D eigenvalue weighted by Gasteiger charge is 2.67. The molecule has 0 saturated heterocycles. The average molecular weight is 378 g/mol. The van der Waals surface area contributed by atoms with Crippen molar-refractivity contribution in [3.63, 3.8) is 0 Å². The van der Waals surface area contributed by atoms with E-state index in [1.165, 1.54) is 0 Å². The molecule has 4 bridgehead atoms. The van der Waals surface area contributed by atoms with E-state index in [9.17, 15) is 9.13 Å². The van der Waals surface area contributed by atoms with Crippen LogP contribution >= 0.6 is 14.3 Å². The number of aryl methyl sites for hydroxylation is 4. The average Bonchev–Trinajstić information content (AvgIpc) is 2.60. The molecule has 2 atom stereocenters. The summed E-state index contributed by atoms with van der Waals surface area (Å²) in [7, 11) is -5.54. The fourth-order valence-electron chi connectivity index (χ4n) is 4.89. The molecule has 0 fully saturated rings. The summed E-state index contributed by atoms with van der Waals surface area (Å²) in [6.45, 7) is 8.08. The Balaban J connectivity index is 1.77. The number of rotatable bonds is 2. The summed E-state index contributed by atoms with van der Waals surface area (Å²) in [4.78, 5) is 0. The summed E-state index contributed by atoms with van der Waals surface area (Å²) in [6, 6.07) is 12.1. The fraction of sp³-hybridized carbons (Fsp3) is 0.182. The minimum atomic E-state index is -2.77. The van der Waals surface area contributed by atoms with Crippen molar-refractivity contribution in [2.24, 2.45) is 0 Å². The third-order valence-corrected chi connectivity index (χ3v) is 13.4. The Labute approximate surface area is 154 Å². The van der Waals surface area contributed by atoms with Gasteiger partial charge in [-0.2, -0.15) is 0 Å². The van der Waals surface area contributed by atoms with Gasteiger partial charge in [0, 0.05) is 31.9 Å². The third kappa shape index (κ3) is 1.58. The van der Waals surface area contributed by atoms with Gasteiger partial charge >= 0.3 is 0 Å². The third-order valence-electron chi connectivity index (χ3n) is 5.93. The van der Waals surface area contributed by atoms with Gasteiger partial charge in [0.05, 0.1) is 0 Å². The first-order chi connectivity index (χ1) is 12.3. The van der Waals surface area contributed by atoms with Gasteiger partial charge < -0.3 is 9.13 Å². The van der Waals surface area contributed by atoms with Crippen LogP contribution < -0.4 is 10.6 Å². The summed E-state index contributed by atoms with van der Waals surface area (Å²) >= 11 is 0. The Hall–Kier alpha value is -1.88. The predicted octanol–water partition coefficient (Wildman–Crippen LogP) is 5.62. The van der Waals surface area contributed by atoms with Gasteiger partial charge in [0.25, 0.3) is 0 Å². The smallest absolute Gasteiger partial charge is 0.173 e. The molecule has 2 unspecified atom stereocenters. The molecule has 4 aliphatic heterocycles. The minimum absolute atomic E-state index is 0.825. The summed E-state index contributed by atoms with van der Waals surface area (Å²) in [5, 5.41) is 5.32. The van der Waals surface area contributed by atoms with Crippen LogP contribution in [0.1, 0.15) is 22.3 Å². The molecule has 130 valence electrons. The molecule has 2 aromatic rings. The molecule has 2 aromatic carbocycles. The first-order valence-electron chi connectivity index (χ1n) is 8.86. The zero-order valence-corrected chi connectivity index (χ0v) is 17.1. The van der Waals surface area contributed by atoms with Gasteiger partial charge in [-0.3, -0.25) is 0 Å². The molecule has 26 heavy (non-hydrogen) atoms. The molecule has 0 spiro atoms. The molecular weight excluding hydrogens is 358 g/mol. The van der Waals surface area contributed by atoms with E-state index in [1.807, 2.05) is 76.2 Å². The molecule has 4 aliphatic rings. The SMILES string of the molecule is Cc1cccc(C)c1P1(=O)c2ccc3c1c2P3(=O)c1c(C)cccc1C. The van der Waals surface area contributed by atoms with E-state index in [-0.39, 0.29) is 0 Å². The van der Waals surface area contributed by atoms with Crippen molar-refractivity contribution in [2.75, 3.05) is 0 Å². The van der Waals surface area contributed by atoms with Crippen molar-refractivity contribution in [1.82, 2.24) is 0 Å². The lowest BCUT2D eigenvalue weighted by molar-refractivity contribution is 0.577. The molecule has 4 heteroatoms. The fourth-order valence-corrected chi connectivity index (χ4v) is 13.8. The van der Waals surface area contributed by atoms with Crippen molar-refractivity contribution in [3.8, 4) is 0 Å². The lowest BCUT2D eigenvalue weighted by atomic mass is 10.1. The Kier molecular flexibility index (Phi) is 3.06. The minimum Gasteiger partial charge on any atom is -0.309 e. The lowest BCUT2D eigenvalue weighted by Crippen LogP contribution is -2.35. The Morgan fingerprint density at radius 1 is 0.577 bits per heavy atom. The molecule has 0 radical (unpaired) electrons. The van der Waals surface area contributed by atoms with Crippen molar-refractivity contribution < 1.29 is 9.13 Å². The summed E-state index contributed by atoms with van der Waals surface area (Å²) in [5.74, 6) is 0. The number of hydrogen-bond acceptors (Lipinski definition) is 2. The molecule has 0 aromatic heterocycles. The van der Waals surface area contributed by atoms with Gasteiger partial charge in [0.1, 0.15) is 0 Å². The number of allylic oxidation sites excluding steroid dienone is 6. The van der Waals surface area contributed by atoms with E-state index in [1.54, 1.807) is 0 Å². The molecule has 0 aliphatic carbocycles. The summed E-state index contributed by atoms with van der Waals surface area (Å²) in [6.07, 6.45) is 3.90. The van der Waals surface area contributed by atoms with Crippen LogP contribution in [-0.4, -0.2) is 0 Å². The molecular formula is C22H20O2P2. The zero-order chi connectivity index (χ0) is 18.4. The highest BCUT2D eigenvalue weighted by molar-refractivity contribution is 7.94. The standard InChI is InChI=1S/C22H20O2P2/c1-13-7-5-8-14(2)19(13)25(23)17-11-12-18-21(25)22(17)26(18,24)20-15(3)9-6-10-16(20)4/h5-12H,1-4H3. The predicted molar refractivity (Wildman–Crippen MR) is 110 cm³/mol. The van der Waals surface area contributed by atoms with Crippen molar-refractivity contribution in [3.05, 3.63) is 92.1 Å². The second-order valence-electron chi connectivity index (χ2n) is 7.50. The van der Waals surface area contributed by atoms with Gasteiger partial charge in [-0.25, -0.2) is 0 Å². The second kappa shape index (κ2) is 4.89. The van der Waals surface area contributed by atoms with Crippen molar-refractivity contribution in [2.45, 2.75) is 27.7 Å². The first-order valence-corrected chi connectivity index (χ1v) is 12.3. The maximum absolute atomic E-state index is 14.1. The molecule has 2 nitrogen and oxygen atoms in total. The molecule has 4 heterocycles. The van der Waals surface area contributed by atoms with E-state index < -0.39 is 14.3 Å². The Morgan fingerprint density at radius 3 is 1.15 bits per heavy atom. The van der Waals surface area contributed by atoms with Crippen LogP contribution in [0.5, 0.6) is 0 Å². The van der Waals surface area contributed by atoms with Crippen LogP contribution in [-0.2, 0) is 9.13 Å². The Morgan fingerprint density at radius 2 is 0.885 bits per heavy atom. The van der Waals surface area contributed by atoms with Crippen LogP contribution in [0.15, 0.2) is 69.8 Å². The van der Waals surface area contributed by atoms with Crippen LogP contribution in [0.3, 0.4) is 0 Å². The Bertz CT molecular complexity index is 1090. The van der Waals surface area contributed by atoms with E-state index in [4.69, 9.17) is 0 Å². The second-order valence-corrected chi connectivity index (χ2v) is 12.7. The topological polar surface area (TPSA) is 34.1 Å². The molecule has 0 N–H and O–H groups in total. The van der Waals surface area contributed by atoms with E-state index in [0.717, 1.165) is 54.1 Å². The van der Waals surface area contributed by atoms with Gasteiger partial charge in [-0.05, 0) is 62.1 Å². The normalized spacial score (nSPS) is 28.2. The lowest BCUT2D eigenvalue weighted by Gasteiger charge is -2.53. The van der Waals surface area contributed by atoms with Crippen LogP contribution in [0, 0.1) is 27.7 Å². The monoisotopic (exact) mass is 378 g/mol. The van der Waals surface area contributed by atoms with Gasteiger partial charge in [-0.1, -0.05) is 36.4 Å². The van der Waals surface area contributed by atoms with E-state index in [2.05, 4.69) is 0 Å². The van der Waals surface area contributed by atoms with Gasteiger partial charge in [0.2, 0.25) is 0 Å². The maximum Gasteiger partial charge on any atom is 0.173 e. The van der Waals surface area contributed by atoms with Crippen LogP contribution in [0.25, 0.3) is 0 Å². The quantitative estimate of drug-likeness (QED) is 0.636. The van der Waals surface area contributed by atoms with Crippen molar-refractivity contribution >= 4 is 24.9 Å². The zero-order valence-electron chi connectivity index (χ0n) is 15.3. The summed E-state index contributed by atoms with van der Waals surface area (Å²) < 4.78 is 28.2. The molecule has 0 saturated carbocycles. The number of fused-ring (bicyclic) bond motifs is 1. The number of benzene rings is 2. The molecule has 6 rings (SSSR count). The highest BCUT2D eigenvalue weighted by atomic mass is 31.2. The number of hydrogen-bond donors (Lipinski definition) is 0. The highest BCUT2D eigenvalue weighted by Crippen LogP contribution is 2.95. The first kappa shape index (κ1) is 16.3. The van der Waals surface area contributed by atoms with E-state index >= 15 is 0 Å². The van der Waals surface area contributed by atoms with E-state index in [0.29, 0.717) is 0 Å². The molecule has 0 amide bonds. The van der Waals surface area contributed by atoms with Crippen LogP contribution in [0.4, 0.5) is 0 Å². The largest absolute Gasteiger partial charge is 0.309 e. The maximum atomic E-state index is 14.1. The summed E-state index contributed by atoms with van der Waals surface area (Å²) in [5.41, 5.74) is 4.23.